The molecule has 0 saturated heterocycles. The molecule has 0 aliphatic heterocycles. The first-order chi connectivity index (χ1) is 34.2. The monoisotopic (exact) mass is 886 g/mol. The Kier molecular flexibility index (Phi) is 7.87. The molecule has 9 heteroatoms. The van der Waals surface area contributed by atoms with Crippen LogP contribution >= 0.6 is 0 Å². The lowest BCUT2D eigenvalue weighted by Crippen LogP contribution is -2.15. The molecule has 69 heavy (non-hydrogen) atoms. The SMILES string of the molecule is c1ccc2c(N(c3ccc4c(c3)oc3ccccc34)c3cc4oc5nc(N(c6ccc7c(c6)oc6ccccc67)c6c7ccccc7cc7ccccc67)nnc5c4cn3)c3ccccc3cc2c1. The molecule has 0 radical (unpaired) electrons. The summed E-state index contributed by atoms with van der Waals surface area (Å²) in [6, 6.07) is 69.1. The molecule has 15 aromatic rings. The highest BCUT2D eigenvalue weighted by Gasteiger charge is 2.26. The van der Waals surface area contributed by atoms with E-state index in [-0.39, 0.29) is 0 Å². The largest absolute Gasteiger partial charge is 0.456 e. The Morgan fingerprint density at radius 1 is 0.333 bits per heavy atom. The number of pyridine rings is 1. The molecule has 5 heterocycles. The van der Waals surface area contributed by atoms with Crippen molar-refractivity contribution in [1.29, 1.82) is 0 Å². The van der Waals surface area contributed by atoms with Gasteiger partial charge in [-0.25, -0.2) is 4.98 Å². The maximum Gasteiger partial charge on any atom is 0.257 e. The minimum Gasteiger partial charge on any atom is -0.456 e. The molecule has 9 nitrogen and oxygen atoms in total. The van der Waals surface area contributed by atoms with Gasteiger partial charge < -0.3 is 13.3 Å². The van der Waals surface area contributed by atoms with E-state index >= 15 is 0 Å². The summed E-state index contributed by atoms with van der Waals surface area (Å²) in [6.45, 7) is 0. The quantitative estimate of drug-likeness (QED) is 0.151. The number of rotatable bonds is 6. The summed E-state index contributed by atoms with van der Waals surface area (Å²) in [4.78, 5) is 14.7. The van der Waals surface area contributed by atoms with Crippen molar-refractivity contribution in [2.24, 2.45) is 0 Å². The van der Waals surface area contributed by atoms with Crippen LogP contribution in [-0.2, 0) is 0 Å². The highest BCUT2D eigenvalue weighted by atomic mass is 16.3. The van der Waals surface area contributed by atoms with Gasteiger partial charge in [-0.3, -0.25) is 9.80 Å². The number of hydrogen-bond acceptors (Lipinski definition) is 9. The predicted octanol–water partition coefficient (Wildman–Crippen LogP) is 16.5. The number of furan rings is 3. The summed E-state index contributed by atoms with van der Waals surface area (Å²) in [7, 11) is 0. The molecule has 0 amide bonds. The average Bonchev–Trinajstić information content (AvgIpc) is 4.09. The van der Waals surface area contributed by atoms with E-state index in [1.165, 1.54) is 0 Å². The van der Waals surface area contributed by atoms with E-state index in [0.717, 1.165) is 110 Å². The third-order valence-corrected chi connectivity index (χ3v) is 13.6. The standard InChI is InChI=1S/C60H34N6O3/c1-5-17-41-35(13-1)29-36-14-2-6-18-42(36)57(41)65(39-25-27-47-45-21-9-11-23-50(45)67-52(47)31-39)55-33-54-49(34-61-55)56-59(69-54)62-60(64-63-56)66(40-26-28-48-46-22-10-12-24-51(46)68-53(48)32-40)58-43-19-7-3-15-37(43)30-38-16-4-8-20-44(38)58/h1-34H. The smallest absolute Gasteiger partial charge is 0.257 e. The normalized spacial score (nSPS) is 12.1. The van der Waals surface area contributed by atoms with E-state index in [1.807, 2.05) is 48.7 Å². The van der Waals surface area contributed by atoms with Gasteiger partial charge in [-0.2, -0.15) is 4.98 Å². The molecule has 10 aromatic carbocycles. The highest BCUT2D eigenvalue weighted by molar-refractivity contribution is 6.17. The van der Waals surface area contributed by atoms with E-state index in [1.54, 1.807) is 0 Å². The molecule has 0 bridgehead atoms. The van der Waals surface area contributed by atoms with Crippen LogP contribution in [0.5, 0.6) is 0 Å². The van der Waals surface area contributed by atoms with Crippen molar-refractivity contribution in [2.45, 2.75) is 0 Å². The molecular weight excluding hydrogens is 853 g/mol. The fraction of sp³-hybridized carbons (Fsp3) is 0. The van der Waals surface area contributed by atoms with Crippen molar-refractivity contribution in [2.75, 3.05) is 9.80 Å². The fourth-order valence-electron chi connectivity index (χ4n) is 10.4. The van der Waals surface area contributed by atoms with Crippen LogP contribution in [0.1, 0.15) is 0 Å². The van der Waals surface area contributed by atoms with Crippen LogP contribution < -0.4 is 9.80 Å². The summed E-state index contributed by atoms with van der Waals surface area (Å²) in [6.07, 6.45) is 1.82. The predicted molar refractivity (Wildman–Crippen MR) is 279 cm³/mol. The Hall–Kier alpha value is -9.60. The summed E-state index contributed by atoms with van der Waals surface area (Å²) < 4.78 is 19.7. The van der Waals surface area contributed by atoms with Crippen LogP contribution in [-0.4, -0.2) is 20.2 Å². The molecule has 5 aromatic heterocycles. The third kappa shape index (κ3) is 5.71. The zero-order chi connectivity index (χ0) is 45.2. The number of hydrogen-bond donors (Lipinski definition) is 0. The maximum atomic E-state index is 6.80. The molecule has 0 aliphatic rings. The van der Waals surface area contributed by atoms with Crippen molar-refractivity contribution >= 4 is 144 Å². The van der Waals surface area contributed by atoms with Crippen LogP contribution in [0.2, 0.25) is 0 Å². The second-order valence-electron chi connectivity index (χ2n) is 17.5. The molecule has 0 unspecified atom stereocenters. The number of aromatic nitrogens is 4. The summed E-state index contributed by atoms with van der Waals surface area (Å²) in [5.41, 5.74) is 8.20. The topological polar surface area (TPSA) is 97.5 Å². The maximum absolute atomic E-state index is 6.80. The number of anilines is 6. The lowest BCUT2D eigenvalue weighted by Gasteiger charge is -2.27. The van der Waals surface area contributed by atoms with Crippen LogP contribution in [0.15, 0.2) is 220 Å². The molecule has 322 valence electrons. The number of benzene rings is 10. The first kappa shape index (κ1) is 37.6. The van der Waals surface area contributed by atoms with Gasteiger partial charge in [0, 0.05) is 67.5 Å². The van der Waals surface area contributed by atoms with Gasteiger partial charge in [-0.15, -0.1) is 10.2 Å². The summed E-state index contributed by atoms with van der Waals surface area (Å²) in [5, 5.41) is 23.3. The van der Waals surface area contributed by atoms with Crippen LogP contribution in [0, 0.1) is 0 Å². The summed E-state index contributed by atoms with van der Waals surface area (Å²) in [5.74, 6) is 0.990. The number of fused-ring (bicyclic) bond motifs is 13. The van der Waals surface area contributed by atoms with Gasteiger partial charge in [-0.05, 0) is 70.1 Å². The Labute approximate surface area is 391 Å². The van der Waals surface area contributed by atoms with Gasteiger partial charge in [0.05, 0.1) is 28.1 Å². The molecule has 0 saturated carbocycles. The Balaban J connectivity index is 0.949. The molecule has 0 spiro atoms. The van der Waals surface area contributed by atoms with Gasteiger partial charge in [-0.1, -0.05) is 133 Å². The minimum absolute atomic E-state index is 0.333. The van der Waals surface area contributed by atoms with E-state index in [4.69, 9.17) is 33.4 Å². The third-order valence-electron chi connectivity index (χ3n) is 13.6. The second-order valence-corrected chi connectivity index (χ2v) is 17.5. The molecule has 0 aliphatic carbocycles. The van der Waals surface area contributed by atoms with Crippen molar-refractivity contribution < 1.29 is 13.3 Å². The van der Waals surface area contributed by atoms with Crippen LogP contribution in [0.25, 0.3) is 109 Å². The first-order valence-electron chi connectivity index (χ1n) is 22.9. The van der Waals surface area contributed by atoms with E-state index in [9.17, 15) is 0 Å². The number of nitrogens with zero attached hydrogens (tertiary/aromatic N) is 6. The van der Waals surface area contributed by atoms with Gasteiger partial charge in [0.1, 0.15) is 33.7 Å². The van der Waals surface area contributed by atoms with Gasteiger partial charge in [0.25, 0.3) is 11.7 Å². The van der Waals surface area contributed by atoms with Crippen LogP contribution in [0.3, 0.4) is 0 Å². The van der Waals surface area contributed by atoms with E-state index in [2.05, 4.69) is 168 Å². The Bertz CT molecular complexity index is 4210. The van der Waals surface area contributed by atoms with Crippen molar-refractivity contribution in [3.8, 4) is 0 Å². The fourth-order valence-corrected chi connectivity index (χ4v) is 10.4. The van der Waals surface area contributed by atoms with E-state index < -0.39 is 0 Å². The number of para-hydroxylation sites is 2. The molecule has 0 atom stereocenters. The van der Waals surface area contributed by atoms with Crippen molar-refractivity contribution in [3.63, 3.8) is 0 Å². The van der Waals surface area contributed by atoms with Crippen LogP contribution in [0.4, 0.5) is 34.5 Å². The second kappa shape index (κ2) is 14.4. The highest BCUT2D eigenvalue weighted by Crippen LogP contribution is 2.47. The molecular formula is C60H34N6O3. The van der Waals surface area contributed by atoms with Gasteiger partial charge in [0.2, 0.25) is 0 Å². The molecule has 0 N–H and O–H groups in total. The Morgan fingerprint density at radius 3 is 1.30 bits per heavy atom. The lowest BCUT2D eigenvalue weighted by atomic mass is 9.99. The zero-order valence-corrected chi connectivity index (χ0v) is 36.5. The minimum atomic E-state index is 0.333. The lowest BCUT2D eigenvalue weighted by molar-refractivity contribution is 0.650. The Morgan fingerprint density at radius 2 is 0.768 bits per heavy atom. The van der Waals surface area contributed by atoms with Crippen molar-refractivity contribution in [3.05, 3.63) is 206 Å². The molecule has 0 fully saturated rings. The molecule has 15 rings (SSSR count). The van der Waals surface area contributed by atoms with Crippen molar-refractivity contribution in [1.82, 2.24) is 20.2 Å². The zero-order valence-electron chi connectivity index (χ0n) is 36.5. The first-order valence-corrected chi connectivity index (χ1v) is 22.9. The average molecular weight is 887 g/mol. The van der Waals surface area contributed by atoms with E-state index in [0.29, 0.717) is 34.0 Å². The summed E-state index contributed by atoms with van der Waals surface area (Å²) >= 11 is 0. The van der Waals surface area contributed by atoms with Gasteiger partial charge >= 0.3 is 0 Å². The van der Waals surface area contributed by atoms with Gasteiger partial charge in [0.15, 0.2) is 5.52 Å².